The Morgan fingerprint density at radius 2 is 1.84 bits per heavy atom. The summed E-state index contributed by atoms with van der Waals surface area (Å²) < 4.78 is 29.1. The van der Waals surface area contributed by atoms with Gasteiger partial charge in [-0.3, -0.25) is 9.69 Å². The van der Waals surface area contributed by atoms with E-state index in [-0.39, 0.29) is 11.8 Å². The Morgan fingerprint density at radius 1 is 1.08 bits per heavy atom. The van der Waals surface area contributed by atoms with Gasteiger partial charge < -0.3 is 4.90 Å². The number of carbonyl (C=O) groups is 1. The van der Waals surface area contributed by atoms with Gasteiger partial charge in [-0.2, -0.15) is 8.78 Å². The average Bonchev–Trinajstić information content (AvgIpc) is 3.33. The van der Waals surface area contributed by atoms with Gasteiger partial charge in [-0.15, -0.1) is 11.3 Å². The number of anilines is 1. The van der Waals surface area contributed by atoms with E-state index in [1.54, 1.807) is 23.5 Å². The number of hydrogen-bond donors (Lipinski definition) is 0. The maximum Gasteiger partial charge on any atom is 0.319 e. The van der Waals surface area contributed by atoms with Gasteiger partial charge in [0, 0.05) is 56.6 Å². The molecule has 0 unspecified atom stereocenters. The first-order valence-corrected chi connectivity index (χ1v) is 13.5. The number of amides is 1. The normalized spacial score (nSPS) is 14.4. The molecule has 1 aliphatic heterocycles. The minimum absolute atomic E-state index is 0.0340. The van der Waals surface area contributed by atoms with Crippen LogP contribution in [0, 0.1) is 12.8 Å². The zero-order valence-corrected chi connectivity index (χ0v) is 22.0. The summed E-state index contributed by atoms with van der Waals surface area (Å²) in [5.74, 6) is -0.147. The van der Waals surface area contributed by atoms with Crippen molar-refractivity contribution in [2.24, 2.45) is 5.92 Å². The van der Waals surface area contributed by atoms with Crippen molar-refractivity contribution in [1.82, 2.24) is 4.90 Å². The molecule has 4 aromatic rings. The number of hydrogen-bond acceptors (Lipinski definition) is 3. The van der Waals surface area contributed by atoms with Gasteiger partial charge in [-0.25, -0.2) is 0 Å². The number of thiophene rings is 1. The lowest BCUT2D eigenvalue weighted by atomic mass is 9.92. The summed E-state index contributed by atoms with van der Waals surface area (Å²) >= 11 is 7.77. The molecule has 1 aromatic heterocycles. The van der Waals surface area contributed by atoms with Crippen LogP contribution in [0.25, 0.3) is 21.2 Å². The van der Waals surface area contributed by atoms with E-state index in [4.69, 9.17) is 11.6 Å². The second kappa shape index (κ2) is 10.6. The van der Waals surface area contributed by atoms with E-state index >= 15 is 0 Å². The second-order valence-electron chi connectivity index (χ2n) is 9.36. The van der Waals surface area contributed by atoms with Crippen LogP contribution in [0.15, 0.2) is 84.4 Å². The summed E-state index contributed by atoms with van der Waals surface area (Å²) in [6.07, 6.45) is 1.19. The summed E-state index contributed by atoms with van der Waals surface area (Å²) in [4.78, 5) is 16.2. The van der Waals surface area contributed by atoms with Gasteiger partial charge in [-0.05, 0) is 66.6 Å². The van der Waals surface area contributed by atoms with Crippen LogP contribution in [0.5, 0.6) is 0 Å². The monoisotopic (exact) mass is 536 g/mol. The maximum atomic E-state index is 14.0. The highest BCUT2D eigenvalue weighted by Gasteiger charge is 2.31. The highest BCUT2D eigenvalue weighted by atomic mass is 35.5. The molecule has 1 fully saturated rings. The predicted octanol–water partition coefficient (Wildman–Crippen LogP) is 8.63. The zero-order chi connectivity index (χ0) is 26.1. The molecule has 2 heterocycles. The molecule has 0 aliphatic carbocycles. The molecule has 5 rings (SSSR count). The largest absolute Gasteiger partial charge is 0.339 e. The topological polar surface area (TPSA) is 23.6 Å². The van der Waals surface area contributed by atoms with Crippen molar-refractivity contribution >= 4 is 44.6 Å². The molecule has 1 amide bonds. The Hall–Kier alpha value is -3.22. The molecular weight excluding hydrogens is 510 g/mol. The Balaban J connectivity index is 1.28. The minimum Gasteiger partial charge on any atom is -0.339 e. The van der Waals surface area contributed by atoms with Crippen LogP contribution in [-0.2, 0) is 0 Å². The van der Waals surface area contributed by atoms with E-state index in [0.29, 0.717) is 47.9 Å². The molecule has 0 saturated carbocycles. The van der Waals surface area contributed by atoms with E-state index < -0.39 is 6.55 Å². The van der Waals surface area contributed by atoms with Crippen LogP contribution in [0.2, 0.25) is 5.02 Å². The molecule has 0 radical (unpaired) electrons. The first-order chi connectivity index (χ1) is 17.8. The number of carbonyl (C=O) groups excluding carboxylic acids is 1. The molecule has 0 spiro atoms. The number of benzene rings is 3. The highest BCUT2D eigenvalue weighted by Crippen LogP contribution is 2.37. The summed E-state index contributed by atoms with van der Waals surface area (Å²) in [6.45, 7) is 4.20. The minimum atomic E-state index is -2.68. The summed E-state index contributed by atoms with van der Waals surface area (Å²) in [5, 5.41) is 3.86. The third kappa shape index (κ3) is 5.13. The molecule has 3 nitrogen and oxygen atoms in total. The van der Waals surface area contributed by atoms with Crippen molar-refractivity contribution < 1.29 is 13.6 Å². The number of nitrogens with zero attached hydrogens (tertiary/aromatic N) is 2. The zero-order valence-electron chi connectivity index (χ0n) is 20.5. The number of halogens is 3. The van der Waals surface area contributed by atoms with Crippen LogP contribution >= 0.6 is 22.9 Å². The summed E-state index contributed by atoms with van der Waals surface area (Å²) in [7, 11) is 0. The number of aryl methyl sites for hydroxylation is 1. The van der Waals surface area contributed by atoms with Crippen molar-refractivity contribution in [3.8, 4) is 11.1 Å². The van der Waals surface area contributed by atoms with Gasteiger partial charge in [0.25, 0.3) is 5.91 Å². The average molecular weight is 537 g/mol. The van der Waals surface area contributed by atoms with E-state index in [0.717, 1.165) is 31.7 Å². The number of para-hydroxylation sites is 1. The molecule has 7 heteroatoms. The van der Waals surface area contributed by atoms with Gasteiger partial charge in [-0.1, -0.05) is 54.6 Å². The van der Waals surface area contributed by atoms with Crippen LogP contribution in [0.4, 0.5) is 14.5 Å². The molecule has 0 N–H and O–H groups in total. The van der Waals surface area contributed by atoms with E-state index in [2.05, 4.69) is 12.0 Å². The van der Waals surface area contributed by atoms with Gasteiger partial charge >= 0.3 is 6.55 Å². The van der Waals surface area contributed by atoms with E-state index in [9.17, 15) is 13.6 Å². The first-order valence-electron chi connectivity index (χ1n) is 12.2. The van der Waals surface area contributed by atoms with Crippen molar-refractivity contribution in [3.63, 3.8) is 0 Å². The molecule has 1 aliphatic rings. The standard InChI is InChI=1S/C30H27ClF2N2OS/c1-19-6-3-4-9-27(19)35(30(32)33)20(2)21-12-14-34(15-13-21)29(36)23-10-11-25-26(18-37-28(25)17-23)22-7-5-8-24(31)16-22/h3-11,16-18,21,30H,2,12-15H2,1H3. The highest BCUT2D eigenvalue weighted by molar-refractivity contribution is 7.17. The van der Waals surface area contributed by atoms with Crippen molar-refractivity contribution in [1.29, 1.82) is 0 Å². The lowest BCUT2D eigenvalue weighted by Crippen LogP contribution is -2.41. The number of piperidine rings is 1. The fraction of sp³-hybridized carbons (Fsp3) is 0.233. The SMILES string of the molecule is C=C(C1CCN(C(=O)c2ccc3c(-c4cccc(Cl)c4)csc3c2)CC1)N(c1ccccc1C)C(F)F. The quantitative estimate of drug-likeness (QED) is 0.230. The van der Waals surface area contributed by atoms with Crippen molar-refractivity contribution in [2.75, 3.05) is 18.0 Å². The van der Waals surface area contributed by atoms with Crippen LogP contribution in [0.1, 0.15) is 28.8 Å². The molecule has 0 atom stereocenters. The van der Waals surface area contributed by atoms with E-state index in [1.807, 2.05) is 66.4 Å². The number of fused-ring (bicyclic) bond motifs is 1. The van der Waals surface area contributed by atoms with Crippen LogP contribution in [0.3, 0.4) is 0 Å². The molecule has 3 aromatic carbocycles. The Morgan fingerprint density at radius 3 is 2.54 bits per heavy atom. The Labute approximate surface area is 224 Å². The fourth-order valence-electron chi connectivity index (χ4n) is 5.05. The lowest BCUT2D eigenvalue weighted by Gasteiger charge is -2.37. The summed E-state index contributed by atoms with van der Waals surface area (Å²) in [6, 6.07) is 20.7. The van der Waals surface area contributed by atoms with Gasteiger partial charge in [0.05, 0.1) is 0 Å². The van der Waals surface area contributed by atoms with E-state index in [1.165, 1.54) is 0 Å². The third-order valence-corrected chi connectivity index (χ3v) is 8.27. The number of alkyl halides is 2. The summed E-state index contributed by atoms with van der Waals surface area (Å²) in [5.41, 5.74) is 4.44. The van der Waals surface area contributed by atoms with Gasteiger partial charge in [0.15, 0.2) is 0 Å². The van der Waals surface area contributed by atoms with Crippen LogP contribution < -0.4 is 4.90 Å². The van der Waals surface area contributed by atoms with Gasteiger partial charge in [0.1, 0.15) is 0 Å². The molecule has 37 heavy (non-hydrogen) atoms. The van der Waals surface area contributed by atoms with Gasteiger partial charge in [0.2, 0.25) is 0 Å². The second-order valence-corrected chi connectivity index (χ2v) is 10.7. The molecule has 0 bridgehead atoms. The number of allylic oxidation sites excluding steroid dienone is 1. The number of rotatable bonds is 6. The Bertz CT molecular complexity index is 1460. The molecular formula is C30H27ClF2N2OS. The lowest BCUT2D eigenvalue weighted by molar-refractivity contribution is 0.0695. The fourth-order valence-corrected chi connectivity index (χ4v) is 6.25. The van der Waals surface area contributed by atoms with Crippen LogP contribution in [-0.4, -0.2) is 30.4 Å². The Kier molecular flexibility index (Phi) is 7.31. The third-order valence-electron chi connectivity index (χ3n) is 7.09. The molecule has 190 valence electrons. The van der Waals surface area contributed by atoms with Crippen molar-refractivity contribution in [3.05, 3.63) is 101 Å². The predicted molar refractivity (Wildman–Crippen MR) is 150 cm³/mol. The van der Waals surface area contributed by atoms with Crippen molar-refractivity contribution in [2.45, 2.75) is 26.3 Å². The number of likely N-dealkylation sites (tertiary alicyclic amines) is 1. The smallest absolute Gasteiger partial charge is 0.319 e. The molecule has 1 saturated heterocycles. The first kappa shape index (κ1) is 25.4. The maximum absolute atomic E-state index is 14.0.